The average molecular weight is 247 g/mol. The number of rotatable bonds is 5. The van der Waals surface area contributed by atoms with Gasteiger partial charge < -0.3 is 10.2 Å². The second kappa shape index (κ2) is 5.32. The number of hydrogen-bond acceptors (Lipinski definition) is 3. The van der Waals surface area contributed by atoms with Crippen LogP contribution in [-0.4, -0.2) is 32.1 Å². The van der Waals surface area contributed by atoms with Crippen molar-refractivity contribution in [1.29, 1.82) is 0 Å². The van der Waals surface area contributed by atoms with E-state index in [1.165, 1.54) is 0 Å². The molecule has 1 atom stereocenters. The molecule has 0 saturated heterocycles. The Bertz CT molecular complexity index is 390. The Labute approximate surface area is 98.6 Å². The molecule has 1 heterocycles. The molecule has 0 aliphatic carbocycles. The molecule has 2 N–H and O–H groups in total. The number of aliphatic carboxylic acids is 1. The molecule has 0 radical (unpaired) electrons. The summed E-state index contributed by atoms with van der Waals surface area (Å²) in [7, 11) is 0. The number of halogens is 1. The van der Waals surface area contributed by atoms with E-state index in [0.717, 1.165) is 5.69 Å². The lowest BCUT2D eigenvalue weighted by Crippen LogP contribution is -2.23. The standard InChI is InChI=1S/C10H15ClN2O3/c1-3-6-9(11)7(13(4-2)12-6)5-8(14)10(15)16/h8,14H,3-5H2,1-2H3,(H,15,16). The van der Waals surface area contributed by atoms with Gasteiger partial charge in [0, 0.05) is 13.0 Å². The van der Waals surface area contributed by atoms with Crippen LogP contribution in [0.2, 0.25) is 5.02 Å². The molecule has 0 aliphatic rings. The third kappa shape index (κ3) is 2.54. The van der Waals surface area contributed by atoms with Crippen molar-refractivity contribution in [2.45, 2.75) is 39.3 Å². The number of hydrogen-bond donors (Lipinski definition) is 2. The van der Waals surface area contributed by atoms with Crippen LogP contribution < -0.4 is 0 Å². The average Bonchev–Trinajstić information content (AvgIpc) is 2.55. The van der Waals surface area contributed by atoms with E-state index in [2.05, 4.69) is 5.10 Å². The molecule has 16 heavy (non-hydrogen) atoms. The molecule has 0 fully saturated rings. The van der Waals surface area contributed by atoms with Crippen LogP contribution >= 0.6 is 11.6 Å². The topological polar surface area (TPSA) is 75.3 Å². The van der Waals surface area contributed by atoms with Crippen molar-refractivity contribution in [1.82, 2.24) is 9.78 Å². The molecule has 0 amide bonds. The van der Waals surface area contributed by atoms with Gasteiger partial charge in [-0.1, -0.05) is 18.5 Å². The highest BCUT2D eigenvalue weighted by molar-refractivity contribution is 6.31. The highest BCUT2D eigenvalue weighted by Gasteiger charge is 2.21. The summed E-state index contributed by atoms with van der Waals surface area (Å²) in [6, 6.07) is 0. The van der Waals surface area contributed by atoms with Crippen molar-refractivity contribution >= 4 is 17.6 Å². The molecule has 0 aromatic carbocycles. The normalized spacial score (nSPS) is 12.8. The minimum absolute atomic E-state index is 0.0188. The fourth-order valence-electron chi connectivity index (χ4n) is 1.48. The van der Waals surface area contributed by atoms with Gasteiger partial charge in [-0.3, -0.25) is 4.68 Å². The lowest BCUT2D eigenvalue weighted by Gasteiger charge is -2.07. The first-order valence-electron chi connectivity index (χ1n) is 5.16. The van der Waals surface area contributed by atoms with E-state index >= 15 is 0 Å². The van der Waals surface area contributed by atoms with Crippen LogP contribution in [0.25, 0.3) is 0 Å². The Kier molecular flexibility index (Phi) is 4.32. The molecular weight excluding hydrogens is 232 g/mol. The van der Waals surface area contributed by atoms with Gasteiger partial charge in [-0.25, -0.2) is 4.79 Å². The number of carboxylic acids is 1. The third-order valence-corrected chi connectivity index (χ3v) is 2.80. The summed E-state index contributed by atoms with van der Waals surface area (Å²) in [4.78, 5) is 10.6. The van der Waals surface area contributed by atoms with Crippen LogP contribution in [0.4, 0.5) is 0 Å². The minimum atomic E-state index is -1.44. The zero-order chi connectivity index (χ0) is 12.3. The fraction of sp³-hybridized carbons (Fsp3) is 0.600. The van der Waals surface area contributed by atoms with E-state index in [0.29, 0.717) is 23.7 Å². The highest BCUT2D eigenvalue weighted by atomic mass is 35.5. The molecule has 90 valence electrons. The summed E-state index contributed by atoms with van der Waals surface area (Å²) < 4.78 is 1.63. The number of nitrogens with zero attached hydrogens (tertiary/aromatic N) is 2. The van der Waals surface area contributed by atoms with Crippen LogP contribution in [-0.2, 0) is 24.2 Å². The summed E-state index contributed by atoms with van der Waals surface area (Å²) >= 11 is 6.07. The second-order valence-corrected chi connectivity index (χ2v) is 3.81. The van der Waals surface area contributed by atoms with Crippen LogP contribution in [0.5, 0.6) is 0 Å². The summed E-state index contributed by atoms with van der Waals surface area (Å²) in [5.74, 6) is -1.25. The fourth-order valence-corrected chi connectivity index (χ4v) is 1.83. The van der Waals surface area contributed by atoms with Gasteiger partial charge in [0.2, 0.25) is 0 Å². The van der Waals surface area contributed by atoms with Crippen molar-refractivity contribution in [3.63, 3.8) is 0 Å². The maximum atomic E-state index is 10.6. The summed E-state index contributed by atoms with van der Waals surface area (Å²) in [6.07, 6.45) is -0.777. The van der Waals surface area contributed by atoms with E-state index < -0.39 is 12.1 Å². The molecule has 1 unspecified atom stereocenters. The van der Waals surface area contributed by atoms with Crippen molar-refractivity contribution in [3.8, 4) is 0 Å². The van der Waals surface area contributed by atoms with Gasteiger partial charge in [-0.15, -0.1) is 0 Å². The maximum Gasteiger partial charge on any atom is 0.332 e. The number of aryl methyl sites for hydroxylation is 2. The predicted molar refractivity (Wildman–Crippen MR) is 59.6 cm³/mol. The lowest BCUT2D eigenvalue weighted by atomic mass is 10.2. The monoisotopic (exact) mass is 246 g/mol. The maximum absolute atomic E-state index is 10.6. The highest BCUT2D eigenvalue weighted by Crippen LogP contribution is 2.22. The molecule has 0 aliphatic heterocycles. The first-order valence-corrected chi connectivity index (χ1v) is 5.53. The molecule has 1 aromatic heterocycles. The Morgan fingerprint density at radius 1 is 1.56 bits per heavy atom. The van der Waals surface area contributed by atoms with Crippen molar-refractivity contribution < 1.29 is 15.0 Å². The zero-order valence-corrected chi connectivity index (χ0v) is 10.0. The second-order valence-electron chi connectivity index (χ2n) is 3.43. The van der Waals surface area contributed by atoms with Gasteiger partial charge in [0.15, 0.2) is 6.10 Å². The minimum Gasteiger partial charge on any atom is -0.479 e. The van der Waals surface area contributed by atoms with Crippen LogP contribution in [0.1, 0.15) is 25.2 Å². The van der Waals surface area contributed by atoms with E-state index in [9.17, 15) is 9.90 Å². The largest absolute Gasteiger partial charge is 0.479 e. The Morgan fingerprint density at radius 2 is 2.19 bits per heavy atom. The van der Waals surface area contributed by atoms with Gasteiger partial charge in [0.25, 0.3) is 0 Å². The smallest absolute Gasteiger partial charge is 0.332 e. The molecule has 0 spiro atoms. The number of aliphatic hydroxyl groups excluding tert-OH is 1. The molecule has 1 aromatic rings. The zero-order valence-electron chi connectivity index (χ0n) is 9.27. The Balaban J connectivity index is 3.01. The quantitative estimate of drug-likeness (QED) is 0.816. The summed E-state index contributed by atoms with van der Waals surface area (Å²) in [6.45, 7) is 4.41. The van der Waals surface area contributed by atoms with E-state index in [4.69, 9.17) is 16.7 Å². The van der Waals surface area contributed by atoms with E-state index in [1.54, 1.807) is 4.68 Å². The number of carboxylic acid groups (broad SMARTS) is 1. The first-order chi connectivity index (χ1) is 7.51. The summed E-state index contributed by atoms with van der Waals surface area (Å²) in [5, 5.41) is 22.6. The Hall–Kier alpha value is -1.07. The number of aliphatic hydroxyl groups is 1. The van der Waals surface area contributed by atoms with Gasteiger partial charge in [-0.2, -0.15) is 5.10 Å². The first kappa shape index (κ1) is 13.0. The lowest BCUT2D eigenvalue weighted by molar-refractivity contribution is -0.146. The Morgan fingerprint density at radius 3 is 2.62 bits per heavy atom. The van der Waals surface area contributed by atoms with E-state index in [1.807, 2.05) is 13.8 Å². The molecular formula is C10H15ClN2O3. The molecule has 6 heteroatoms. The van der Waals surface area contributed by atoms with Crippen molar-refractivity contribution in [2.75, 3.05) is 0 Å². The van der Waals surface area contributed by atoms with Crippen molar-refractivity contribution in [2.24, 2.45) is 0 Å². The van der Waals surface area contributed by atoms with Crippen LogP contribution in [0.3, 0.4) is 0 Å². The SMILES string of the molecule is CCc1nn(CC)c(CC(O)C(=O)O)c1Cl. The molecule has 1 rings (SSSR count). The van der Waals surface area contributed by atoms with Crippen molar-refractivity contribution in [3.05, 3.63) is 16.4 Å². The van der Waals surface area contributed by atoms with Crippen LogP contribution in [0.15, 0.2) is 0 Å². The molecule has 5 nitrogen and oxygen atoms in total. The van der Waals surface area contributed by atoms with Gasteiger partial charge >= 0.3 is 5.97 Å². The predicted octanol–water partition coefficient (Wildman–Crippen LogP) is 1.11. The van der Waals surface area contributed by atoms with Gasteiger partial charge in [-0.05, 0) is 13.3 Å². The van der Waals surface area contributed by atoms with Crippen LogP contribution in [0, 0.1) is 0 Å². The molecule has 0 saturated carbocycles. The van der Waals surface area contributed by atoms with Gasteiger partial charge in [0.1, 0.15) is 0 Å². The summed E-state index contributed by atoms with van der Waals surface area (Å²) in [5.41, 5.74) is 1.31. The van der Waals surface area contributed by atoms with E-state index in [-0.39, 0.29) is 6.42 Å². The number of aromatic nitrogens is 2. The van der Waals surface area contributed by atoms with Gasteiger partial charge in [0.05, 0.1) is 16.4 Å². The number of carbonyl (C=O) groups is 1. The molecule has 0 bridgehead atoms. The third-order valence-electron chi connectivity index (χ3n) is 2.37.